The third-order valence-electron chi connectivity index (χ3n) is 11.3. The molecule has 4 fully saturated rings. The van der Waals surface area contributed by atoms with E-state index in [0.29, 0.717) is 126 Å². The molecule has 0 saturated carbocycles. The normalized spacial score (nSPS) is 16.1. The van der Waals surface area contributed by atoms with Crippen LogP contribution in [-0.4, -0.2) is 166 Å². The number of rotatable bonds is 7. The molecule has 0 unspecified atom stereocenters. The van der Waals surface area contributed by atoms with Gasteiger partial charge in [-0.25, -0.2) is 37.1 Å². The number of cyclic esters (lactones) is 1. The number of nitrogen functional groups attached to an aromatic ring is 1. The average molecular weight is 1080 g/mol. The zero-order valence-corrected chi connectivity index (χ0v) is 44.6. The highest BCUT2D eigenvalue weighted by Crippen LogP contribution is 2.29. The second kappa shape index (κ2) is 26.7. The first-order valence-corrected chi connectivity index (χ1v) is 25.0. The van der Waals surface area contributed by atoms with Crippen LogP contribution in [0.5, 0.6) is 0 Å². The molecule has 75 heavy (non-hydrogen) atoms. The van der Waals surface area contributed by atoms with Crippen LogP contribution in [0, 0.1) is 17.5 Å². The molecule has 3 N–H and O–H groups in total. The topological polar surface area (TPSA) is 192 Å². The van der Waals surface area contributed by atoms with Crippen LogP contribution in [0.3, 0.4) is 0 Å². The van der Waals surface area contributed by atoms with E-state index in [1.165, 1.54) is 23.1 Å². The number of alkyl halides is 1. The van der Waals surface area contributed by atoms with Crippen molar-refractivity contribution in [3.8, 4) is 0 Å². The lowest BCUT2D eigenvalue weighted by atomic mass is 10.2. The molecule has 416 valence electrons. The summed E-state index contributed by atoms with van der Waals surface area (Å²) in [6.07, 6.45) is -2.17. The number of hydrogen-bond donors (Lipinski definition) is 2. The van der Waals surface area contributed by atoms with E-state index < -0.39 is 40.6 Å². The van der Waals surface area contributed by atoms with E-state index in [9.17, 15) is 37.1 Å². The van der Waals surface area contributed by atoms with Crippen molar-refractivity contribution in [2.24, 2.45) is 0 Å². The van der Waals surface area contributed by atoms with Gasteiger partial charge in [0.25, 0.3) is 0 Å². The molecule has 5 amide bonds. The molecule has 4 heterocycles. The number of carbonyl (C=O) groups excluding carboxylic acids is 5. The van der Waals surface area contributed by atoms with Crippen LogP contribution in [0.25, 0.3) is 0 Å². The van der Waals surface area contributed by atoms with Gasteiger partial charge in [0.15, 0.2) is 0 Å². The van der Waals surface area contributed by atoms with Gasteiger partial charge in [0.1, 0.15) is 47.5 Å². The monoisotopic (exact) mass is 1080 g/mol. The van der Waals surface area contributed by atoms with Crippen molar-refractivity contribution in [2.45, 2.75) is 86.5 Å². The molecule has 7 rings (SSSR count). The SMILES string of the molecule is C.CC(C)(C)OC(=O)N1CCN(c2ccc(N)cc2F)CC1.CC(C)(C)OC(=O)N1CCN(c2ccc(N3CCOC3=O)cc2F)CC1.CC(C)(C)OC(=O)N1CCN(c2ccc(NC(=O)OCCCl)cc2F)CC1. The lowest BCUT2D eigenvalue weighted by Gasteiger charge is -2.37. The molecule has 3 aromatic carbocycles. The Hall–Kier alpha value is -6.71. The van der Waals surface area contributed by atoms with Crippen LogP contribution in [0.1, 0.15) is 69.7 Å². The van der Waals surface area contributed by atoms with Crippen LogP contribution >= 0.6 is 11.6 Å². The van der Waals surface area contributed by atoms with Gasteiger partial charge in [-0.2, -0.15) is 0 Å². The van der Waals surface area contributed by atoms with Gasteiger partial charge < -0.3 is 58.8 Å². The highest BCUT2D eigenvalue weighted by atomic mass is 35.5. The number of benzene rings is 3. The number of amides is 5. The molecule has 0 bridgehead atoms. The van der Waals surface area contributed by atoms with Crippen molar-refractivity contribution >= 4 is 76.2 Å². The Kier molecular flexibility index (Phi) is 21.6. The van der Waals surface area contributed by atoms with Crippen LogP contribution in [0.4, 0.5) is 71.3 Å². The van der Waals surface area contributed by atoms with Crippen LogP contribution < -0.4 is 30.7 Å². The quantitative estimate of drug-likeness (QED) is 0.129. The maximum Gasteiger partial charge on any atom is 0.414 e. The van der Waals surface area contributed by atoms with Gasteiger partial charge in [-0.3, -0.25) is 10.2 Å². The summed E-state index contributed by atoms with van der Waals surface area (Å²) in [4.78, 5) is 71.2. The number of hydrogen-bond acceptors (Lipinski definition) is 14. The number of nitrogens with zero attached hydrogens (tertiary/aromatic N) is 7. The lowest BCUT2D eigenvalue weighted by Crippen LogP contribution is -2.50. The number of carbonyl (C=O) groups is 5. The number of anilines is 6. The lowest BCUT2D eigenvalue weighted by molar-refractivity contribution is 0.0230. The first-order chi connectivity index (χ1) is 34.7. The second-order valence-corrected chi connectivity index (χ2v) is 21.0. The summed E-state index contributed by atoms with van der Waals surface area (Å²) in [7, 11) is 0. The minimum absolute atomic E-state index is 0. The zero-order valence-electron chi connectivity index (χ0n) is 43.8. The predicted octanol–water partition coefficient (Wildman–Crippen LogP) is 9.61. The van der Waals surface area contributed by atoms with Crippen molar-refractivity contribution in [1.29, 1.82) is 0 Å². The fraction of sp³-hybridized carbons (Fsp3) is 0.558. The van der Waals surface area contributed by atoms with Gasteiger partial charge in [0.2, 0.25) is 0 Å². The summed E-state index contributed by atoms with van der Waals surface area (Å²) < 4.78 is 68.6. The summed E-state index contributed by atoms with van der Waals surface area (Å²) in [5.74, 6) is -1.000. The Morgan fingerprint density at radius 1 is 0.587 bits per heavy atom. The Morgan fingerprint density at radius 3 is 1.32 bits per heavy atom. The molecule has 0 aromatic heterocycles. The van der Waals surface area contributed by atoms with Crippen molar-refractivity contribution in [2.75, 3.05) is 135 Å². The number of nitrogens with one attached hydrogen (secondary N) is 1. The number of halogens is 4. The molecule has 23 heteroatoms. The van der Waals surface area contributed by atoms with Crippen molar-refractivity contribution < 1.29 is 60.8 Å². The minimum Gasteiger partial charge on any atom is -0.448 e. The van der Waals surface area contributed by atoms with E-state index in [1.54, 1.807) is 51.1 Å². The third kappa shape index (κ3) is 18.9. The standard InChI is InChI=1S/C18H25ClFN3O4.C18H24FN3O4.C15H22FN3O2.CH4/c1-18(2,3)27-17(25)23-9-7-22(8-10-23)15-5-4-13(12-14(15)20)21-16(24)26-11-6-19;1-18(2,3)26-16(23)21-8-6-20(7-9-21)15-5-4-13(12-14(15)19)22-10-11-25-17(22)24;1-15(2,3)21-14(20)19-8-6-18(7-9-19)13-5-4-11(17)10-12(13)16;/h4-5,12H,6-11H2,1-3H3,(H,21,24);4-5,12H,6-11H2,1-3H3;4-5,10H,6-9,17H2,1-3H3;1H4. The number of nitrogens with two attached hydrogens (primary N) is 1. The molecule has 4 saturated heterocycles. The summed E-state index contributed by atoms with van der Waals surface area (Å²) in [6, 6.07) is 13.8. The fourth-order valence-corrected chi connectivity index (χ4v) is 7.90. The molecule has 0 spiro atoms. The van der Waals surface area contributed by atoms with E-state index in [1.807, 2.05) is 77.0 Å². The van der Waals surface area contributed by atoms with Gasteiger partial charge >= 0.3 is 30.5 Å². The van der Waals surface area contributed by atoms with E-state index >= 15 is 0 Å². The summed E-state index contributed by atoms with van der Waals surface area (Å²) in [5, 5.41) is 2.44. The average Bonchev–Trinajstić information content (AvgIpc) is 3.75. The van der Waals surface area contributed by atoms with Gasteiger partial charge in [0.05, 0.1) is 35.2 Å². The Labute approximate surface area is 443 Å². The van der Waals surface area contributed by atoms with E-state index in [-0.39, 0.29) is 44.0 Å². The van der Waals surface area contributed by atoms with E-state index in [0.717, 1.165) is 0 Å². The highest BCUT2D eigenvalue weighted by molar-refractivity contribution is 6.18. The van der Waals surface area contributed by atoms with Crippen LogP contribution in [-0.2, 0) is 23.7 Å². The van der Waals surface area contributed by atoms with Crippen LogP contribution in [0.2, 0.25) is 0 Å². The molecule has 0 radical (unpaired) electrons. The van der Waals surface area contributed by atoms with Crippen molar-refractivity contribution in [3.05, 3.63) is 72.0 Å². The Morgan fingerprint density at radius 2 is 0.973 bits per heavy atom. The molecule has 4 aliphatic heterocycles. The van der Waals surface area contributed by atoms with Gasteiger partial charge in [-0.1, -0.05) is 7.43 Å². The summed E-state index contributed by atoms with van der Waals surface area (Å²) >= 11 is 5.44. The maximum atomic E-state index is 14.6. The molecule has 0 atom stereocenters. The number of piperazine rings is 3. The van der Waals surface area contributed by atoms with E-state index in [2.05, 4.69) is 5.32 Å². The predicted molar refractivity (Wildman–Crippen MR) is 285 cm³/mol. The van der Waals surface area contributed by atoms with Gasteiger partial charge in [0, 0.05) is 89.9 Å². The summed E-state index contributed by atoms with van der Waals surface area (Å²) in [6.45, 7) is 23.3. The first-order valence-electron chi connectivity index (χ1n) is 24.5. The molecule has 0 aliphatic carbocycles. The second-order valence-electron chi connectivity index (χ2n) is 20.6. The minimum atomic E-state index is -0.686. The fourth-order valence-electron chi connectivity index (χ4n) is 7.82. The first kappa shape index (κ1) is 60.8. The largest absolute Gasteiger partial charge is 0.448 e. The Bertz CT molecular complexity index is 2410. The van der Waals surface area contributed by atoms with E-state index in [4.69, 9.17) is 41.0 Å². The van der Waals surface area contributed by atoms with Gasteiger partial charge in [-0.15, -0.1) is 11.6 Å². The smallest absolute Gasteiger partial charge is 0.414 e. The zero-order chi connectivity index (χ0) is 54.5. The Balaban J connectivity index is 0.000000244. The molecule has 4 aliphatic rings. The highest BCUT2D eigenvalue weighted by Gasteiger charge is 2.31. The van der Waals surface area contributed by atoms with Crippen molar-refractivity contribution in [3.63, 3.8) is 0 Å². The molecular weight excluding hydrogens is 1000 g/mol. The molecule has 3 aromatic rings. The van der Waals surface area contributed by atoms with Crippen LogP contribution in [0.15, 0.2) is 54.6 Å². The summed E-state index contributed by atoms with van der Waals surface area (Å²) in [5.41, 5.74) is 6.55. The number of ether oxygens (including phenoxy) is 5. The third-order valence-corrected chi connectivity index (χ3v) is 11.5. The maximum absolute atomic E-state index is 14.6. The molecule has 19 nitrogen and oxygen atoms in total. The molecular formula is C52H75ClF3N9O10. The van der Waals surface area contributed by atoms with Crippen molar-refractivity contribution in [1.82, 2.24) is 14.7 Å². The van der Waals surface area contributed by atoms with Gasteiger partial charge in [-0.05, 0) is 117 Å².